The van der Waals surface area contributed by atoms with Crippen molar-refractivity contribution in [2.24, 2.45) is 0 Å². The van der Waals surface area contributed by atoms with Crippen LogP contribution >= 0.6 is 0 Å². The maximum Gasteiger partial charge on any atom is 0.165 e. The van der Waals surface area contributed by atoms with Crippen LogP contribution in [0.5, 0.6) is 0 Å². The zero-order valence-electron chi connectivity index (χ0n) is 10.6. The molecule has 0 saturated heterocycles. The van der Waals surface area contributed by atoms with E-state index >= 15 is 0 Å². The second-order valence-electron chi connectivity index (χ2n) is 4.07. The second-order valence-corrected chi connectivity index (χ2v) is 4.07. The Morgan fingerprint density at radius 3 is 2.65 bits per heavy atom. The van der Waals surface area contributed by atoms with Gasteiger partial charge in [-0.15, -0.1) is 0 Å². The molecule has 0 aliphatic rings. The number of carbonyl (C=O) groups excluding carboxylic acids is 1. The predicted molar refractivity (Wildman–Crippen MR) is 65.6 cm³/mol. The molecule has 0 aliphatic carbocycles. The maximum atomic E-state index is 12.9. The average molecular weight is 238 g/mol. The van der Waals surface area contributed by atoms with Gasteiger partial charge in [0.2, 0.25) is 0 Å². The van der Waals surface area contributed by atoms with Crippen LogP contribution in [0.4, 0.5) is 4.39 Å². The smallest absolute Gasteiger partial charge is 0.165 e. The molecule has 0 aliphatic heterocycles. The average Bonchev–Trinajstić information content (AvgIpc) is 2.29. The van der Waals surface area contributed by atoms with E-state index in [1.54, 1.807) is 6.07 Å². The summed E-state index contributed by atoms with van der Waals surface area (Å²) in [6.07, 6.45) is 0.641. The summed E-state index contributed by atoms with van der Waals surface area (Å²) in [6.45, 7) is 6.15. The molecule has 0 radical (unpaired) electrons. The maximum absolute atomic E-state index is 12.9. The summed E-state index contributed by atoms with van der Waals surface area (Å²) in [7, 11) is 0. The third-order valence-corrected chi connectivity index (χ3v) is 2.77. The minimum Gasteiger partial charge on any atom is -0.371 e. The molecule has 1 unspecified atom stereocenters. The number of aryl methyl sites for hydroxylation is 1. The Bertz CT molecular complexity index is 388. The van der Waals surface area contributed by atoms with Gasteiger partial charge in [0.05, 0.1) is 0 Å². The van der Waals surface area contributed by atoms with E-state index in [9.17, 15) is 9.18 Å². The van der Waals surface area contributed by atoms with Crippen molar-refractivity contribution in [3.05, 3.63) is 35.1 Å². The Labute approximate surface area is 102 Å². The zero-order chi connectivity index (χ0) is 12.8. The van der Waals surface area contributed by atoms with Crippen LogP contribution in [-0.2, 0) is 16.0 Å². The fourth-order valence-electron chi connectivity index (χ4n) is 1.80. The summed E-state index contributed by atoms with van der Waals surface area (Å²) < 4.78 is 18.3. The van der Waals surface area contributed by atoms with Gasteiger partial charge in [0.1, 0.15) is 11.9 Å². The Morgan fingerprint density at radius 1 is 1.41 bits per heavy atom. The normalized spacial score (nSPS) is 12.5. The largest absolute Gasteiger partial charge is 0.371 e. The fraction of sp³-hybridized carbons (Fsp3) is 0.500. The first kappa shape index (κ1) is 13.8. The first-order valence-electron chi connectivity index (χ1n) is 5.97. The highest BCUT2D eigenvalue weighted by Crippen LogP contribution is 2.13. The molecule has 1 aromatic rings. The van der Waals surface area contributed by atoms with E-state index in [1.165, 1.54) is 12.1 Å². The molecule has 0 amide bonds. The summed E-state index contributed by atoms with van der Waals surface area (Å²) in [4.78, 5) is 12.0. The lowest BCUT2D eigenvalue weighted by Gasteiger charge is -2.14. The molecule has 0 fully saturated rings. The molecule has 1 rings (SSSR count). The van der Waals surface area contributed by atoms with E-state index in [0.717, 1.165) is 11.1 Å². The van der Waals surface area contributed by atoms with Crippen LogP contribution in [0.3, 0.4) is 0 Å². The predicted octanol–water partition coefficient (Wildman–Crippen LogP) is 3.06. The van der Waals surface area contributed by atoms with Crippen LogP contribution in [0.25, 0.3) is 0 Å². The van der Waals surface area contributed by atoms with Gasteiger partial charge in [0.25, 0.3) is 0 Å². The first-order chi connectivity index (χ1) is 8.08. The Balaban J connectivity index is 2.73. The first-order valence-corrected chi connectivity index (χ1v) is 5.97. The van der Waals surface area contributed by atoms with Crippen LogP contribution in [0.15, 0.2) is 18.2 Å². The van der Waals surface area contributed by atoms with Gasteiger partial charge in [0.15, 0.2) is 5.78 Å². The van der Waals surface area contributed by atoms with Gasteiger partial charge in [-0.05, 0) is 43.5 Å². The van der Waals surface area contributed by atoms with E-state index in [1.807, 2.05) is 20.8 Å². The van der Waals surface area contributed by atoms with E-state index in [2.05, 4.69) is 0 Å². The Kier molecular flexibility index (Phi) is 5.29. The van der Waals surface area contributed by atoms with Crippen LogP contribution in [0, 0.1) is 12.7 Å². The van der Waals surface area contributed by atoms with Crippen molar-refractivity contribution in [1.82, 2.24) is 0 Å². The van der Waals surface area contributed by atoms with Crippen molar-refractivity contribution in [2.45, 2.75) is 39.7 Å². The van der Waals surface area contributed by atoms with Crippen LogP contribution in [0.2, 0.25) is 0 Å². The summed E-state index contributed by atoms with van der Waals surface area (Å²) in [5, 5.41) is 0. The molecule has 3 heteroatoms. The van der Waals surface area contributed by atoms with Gasteiger partial charge in [0, 0.05) is 13.0 Å². The molecular weight excluding hydrogens is 219 g/mol. The molecule has 1 atom stereocenters. The van der Waals surface area contributed by atoms with Crippen LogP contribution in [0.1, 0.15) is 31.4 Å². The Hall–Kier alpha value is -1.22. The van der Waals surface area contributed by atoms with Gasteiger partial charge < -0.3 is 4.74 Å². The lowest BCUT2D eigenvalue weighted by atomic mass is 10.00. The van der Waals surface area contributed by atoms with Gasteiger partial charge >= 0.3 is 0 Å². The zero-order valence-corrected chi connectivity index (χ0v) is 10.6. The van der Waals surface area contributed by atoms with Gasteiger partial charge in [-0.1, -0.05) is 13.0 Å². The number of ether oxygens (including phenoxy) is 1. The highest BCUT2D eigenvalue weighted by molar-refractivity contribution is 5.85. The molecule has 0 spiro atoms. The summed E-state index contributed by atoms with van der Waals surface area (Å²) in [5.74, 6) is -0.209. The number of benzene rings is 1. The van der Waals surface area contributed by atoms with Gasteiger partial charge in [-0.3, -0.25) is 4.79 Å². The third kappa shape index (κ3) is 3.93. The fourth-order valence-corrected chi connectivity index (χ4v) is 1.80. The highest BCUT2D eigenvalue weighted by Gasteiger charge is 2.17. The third-order valence-electron chi connectivity index (χ3n) is 2.77. The number of halogens is 1. The van der Waals surface area contributed by atoms with Gasteiger partial charge in [-0.2, -0.15) is 0 Å². The molecule has 2 nitrogen and oxygen atoms in total. The summed E-state index contributed by atoms with van der Waals surface area (Å²) >= 11 is 0. The lowest BCUT2D eigenvalue weighted by molar-refractivity contribution is -0.129. The number of ketones is 1. The number of hydrogen-bond donors (Lipinski definition) is 0. The van der Waals surface area contributed by atoms with Crippen LogP contribution < -0.4 is 0 Å². The molecule has 17 heavy (non-hydrogen) atoms. The molecule has 1 aromatic carbocycles. The molecule has 94 valence electrons. The second kappa shape index (κ2) is 6.50. The van der Waals surface area contributed by atoms with Crippen molar-refractivity contribution < 1.29 is 13.9 Å². The van der Waals surface area contributed by atoms with E-state index in [-0.39, 0.29) is 17.7 Å². The monoisotopic (exact) mass is 238 g/mol. The number of Topliss-reactive ketones (excluding diaryl/α,β-unsaturated/α-hetero) is 1. The number of hydrogen-bond acceptors (Lipinski definition) is 2. The molecule has 0 heterocycles. The summed E-state index contributed by atoms with van der Waals surface area (Å²) in [5.41, 5.74) is 1.68. The standard InChI is InChI=1S/C14H19FO2/c1-4-14(17-5-2)13(16)9-11-6-7-12(15)8-10(11)3/h6-8,14H,4-5,9H2,1-3H3. The van der Waals surface area contributed by atoms with Crippen molar-refractivity contribution >= 4 is 5.78 Å². The quantitative estimate of drug-likeness (QED) is 0.761. The molecule has 0 N–H and O–H groups in total. The van der Waals surface area contributed by atoms with Crippen LogP contribution in [-0.4, -0.2) is 18.5 Å². The molecular formula is C14H19FO2. The number of rotatable bonds is 6. The van der Waals surface area contributed by atoms with E-state index in [0.29, 0.717) is 19.4 Å². The highest BCUT2D eigenvalue weighted by atomic mass is 19.1. The van der Waals surface area contributed by atoms with E-state index in [4.69, 9.17) is 4.74 Å². The molecule has 0 saturated carbocycles. The molecule has 0 bridgehead atoms. The minimum absolute atomic E-state index is 0.0593. The summed E-state index contributed by atoms with van der Waals surface area (Å²) in [6, 6.07) is 4.50. The van der Waals surface area contributed by atoms with Crippen molar-refractivity contribution in [3.63, 3.8) is 0 Å². The van der Waals surface area contributed by atoms with Crippen molar-refractivity contribution in [3.8, 4) is 0 Å². The minimum atomic E-state index is -0.343. The molecule has 0 aromatic heterocycles. The van der Waals surface area contributed by atoms with E-state index < -0.39 is 0 Å². The topological polar surface area (TPSA) is 26.3 Å². The number of carbonyl (C=O) groups is 1. The van der Waals surface area contributed by atoms with Crippen molar-refractivity contribution in [2.75, 3.05) is 6.61 Å². The van der Waals surface area contributed by atoms with Gasteiger partial charge in [-0.25, -0.2) is 4.39 Å². The Morgan fingerprint density at radius 2 is 2.12 bits per heavy atom. The van der Waals surface area contributed by atoms with Crippen molar-refractivity contribution in [1.29, 1.82) is 0 Å². The SMILES string of the molecule is CCOC(CC)C(=O)Cc1ccc(F)cc1C. The lowest BCUT2D eigenvalue weighted by Crippen LogP contribution is -2.25.